The summed E-state index contributed by atoms with van der Waals surface area (Å²) in [6, 6.07) is 4.63. The molecule has 0 fully saturated rings. The van der Waals surface area contributed by atoms with Crippen molar-refractivity contribution in [2.24, 2.45) is 0 Å². The summed E-state index contributed by atoms with van der Waals surface area (Å²) in [5, 5.41) is 17.1. The van der Waals surface area contributed by atoms with E-state index in [0.717, 1.165) is 24.2 Å². The summed E-state index contributed by atoms with van der Waals surface area (Å²) < 4.78 is 0. The number of nitro groups is 1. The van der Waals surface area contributed by atoms with E-state index in [9.17, 15) is 10.1 Å². The van der Waals surface area contributed by atoms with Crippen LogP contribution in [0, 0.1) is 17.0 Å². The molecule has 0 aromatic heterocycles. The zero-order valence-electron chi connectivity index (χ0n) is 9.82. The van der Waals surface area contributed by atoms with Crippen LogP contribution >= 0.6 is 12.2 Å². The number of non-ortho nitro benzene ring substituents is 1. The van der Waals surface area contributed by atoms with Crippen LogP contribution < -0.4 is 10.6 Å². The maximum atomic E-state index is 10.6. The fourth-order valence-electron chi connectivity index (χ4n) is 1.31. The number of hydrogen-bond donors (Lipinski definition) is 2. The lowest BCUT2D eigenvalue weighted by atomic mass is 10.2. The molecule has 5 nitrogen and oxygen atoms in total. The van der Waals surface area contributed by atoms with Crippen molar-refractivity contribution >= 4 is 28.7 Å². The smallest absolute Gasteiger partial charge is 0.269 e. The molecule has 0 amide bonds. The van der Waals surface area contributed by atoms with Gasteiger partial charge in [-0.1, -0.05) is 6.92 Å². The Morgan fingerprint density at radius 1 is 1.53 bits per heavy atom. The minimum atomic E-state index is -0.412. The van der Waals surface area contributed by atoms with Gasteiger partial charge in [0.05, 0.1) is 4.92 Å². The third-order valence-corrected chi connectivity index (χ3v) is 2.45. The summed E-state index contributed by atoms with van der Waals surface area (Å²) in [6.07, 6.45) is 0.987. The van der Waals surface area contributed by atoms with Gasteiger partial charge in [0.2, 0.25) is 0 Å². The van der Waals surface area contributed by atoms with Crippen LogP contribution in [0.5, 0.6) is 0 Å². The van der Waals surface area contributed by atoms with Gasteiger partial charge in [0.15, 0.2) is 5.11 Å². The van der Waals surface area contributed by atoms with Crippen LogP contribution in [0.2, 0.25) is 0 Å². The number of nitro benzene ring substituents is 1. The van der Waals surface area contributed by atoms with Crippen molar-refractivity contribution < 1.29 is 4.92 Å². The molecule has 0 unspecified atom stereocenters. The van der Waals surface area contributed by atoms with E-state index >= 15 is 0 Å². The number of hydrogen-bond acceptors (Lipinski definition) is 3. The molecule has 0 spiro atoms. The maximum Gasteiger partial charge on any atom is 0.269 e. The molecule has 0 aliphatic rings. The third kappa shape index (κ3) is 3.99. The average molecular weight is 253 g/mol. The molecule has 0 aliphatic heterocycles. The number of nitrogens with one attached hydrogen (secondary N) is 2. The minimum absolute atomic E-state index is 0.0838. The first kappa shape index (κ1) is 13.4. The molecule has 1 aromatic carbocycles. The Kier molecular flexibility index (Phi) is 4.84. The molecule has 1 rings (SSSR count). The number of aryl methyl sites for hydroxylation is 1. The topological polar surface area (TPSA) is 67.2 Å². The molecule has 0 aliphatic carbocycles. The summed E-state index contributed by atoms with van der Waals surface area (Å²) in [4.78, 5) is 10.2. The highest BCUT2D eigenvalue weighted by Crippen LogP contribution is 2.20. The summed E-state index contributed by atoms with van der Waals surface area (Å²) in [6.45, 7) is 4.66. The van der Waals surface area contributed by atoms with Crippen molar-refractivity contribution in [3.8, 4) is 0 Å². The van der Waals surface area contributed by atoms with Crippen LogP contribution in [0.15, 0.2) is 18.2 Å². The minimum Gasteiger partial charge on any atom is -0.362 e. The van der Waals surface area contributed by atoms with Crippen molar-refractivity contribution in [1.82, 2.24) is 5.32 Å². The molecule has 92 valence electrons. The maximum absolute atomic E-state index is 10.6. The molecular weight excluding hydrogens is 238 g/mol. The molecule has 2 N–H and O–H groups in total. The second-order valence-electron chi connectivity index (χ2n) is 3.64. The Bertz CT molecular complexity index is 435. The Balaban J connectivity index is 2.72. The number of benzene rings is 1. The summed E-state index contributed by atoms with van der Waals surface area (Å²) in [5.41, 5.74) is 1.66. The number of anilines is 1. The van der Waals surface area contributed by atoms with Gasteiger partial charge < -0.3 is 10.6 Å². The van der Waals surface area contributed by atoms with Crippen molar-refractivity contribution in [1.29, 1.82) is 0 Å². The molecule has 17 heavy (non-hydrogen) atoms. The van der Waals surface area contributed by atoms with E-state index in [1.54, 1.807) is 13.0 Å². The molecule has 0 heterocycles. The molecule has 0 saturated carbocycles. The van der Waals surface area contributed by atoms with Gasteiger partial charge in [0.25, 0.3) is 5.69 Å². The molecule has 6 heteroatoms. The Labute approximate surface area is 105 Å². The lowest BCUT2D eigenvalue weighted by Crippen LogP contribution is -2.29. The number of rotatable bonds is 4. The van der Waals surface area contributed by atoms with E-state index in [1.807, 2.05) is 6.92 Å². The van der Waals surface area contributed by atoms with Gasteiger partial charge in [-0.25, -0.2) is 0 Å². The van der Waals surface area contributed by atoms with Gasteiger partial charge in [-0.3, -0.25) is 10.1 Å². The first-order chi connectivity index (χ1) is 8.04. The Morgan fingerprint density at radius 2 is 2.24 bits per heavy atom. The highest BCUT2D eigenvalue weighted by molar-refractivity contribution is 7.80. The lowest BCUT2D eigenvalue weighted by Gasteiger charge is -2.11. The van der Waals surface area contributed by atoms with Crippen LogP contribution in [-0.4, -0.2) is 16.6 Å². The monoisotopic (exact) mass is 253 g/mol. The van der Waals surface area contributed by atoms with Crippen LogP contribution in [0.4, 0.5) is 11.4 Å². The van der Waals surface area contributed by atoms with Crippen LogP contribution in [0.1, 0.15) is 18.9 Å². The van der Waals surface area contributed by atoms with E-state index in [1.165, 1.54) is 12.1 Å². The Hall–Kier alpha value is -1.69. The molecule has 0 radical (unpaired) electrons. The van der Waals surface area contributed by atoms with Crippen LogP contribution in [0.25, 0.3) is 0 Å². The predicted molar refractivity (Wildman–Crippen MR) is 72.3 cm³/mol. The van der Waals surface area contributed by atoms with E-state index in [4.69, 9.17) is 12.2 Å². The average Bonchev–Trinajstić information content (AvgIpc) is 2.28. The van der Waals surface area contributed by atoms with E-state index in [0.29, 0.717) is 5.11 Å². The van der Waals surface area contributed by atoms with Gasteiger partial charge in [-0.15, -0.1) is 0 Å². The van der Waals surface area contributed by atoms with E-state index in [-0.39, 0.29) is 5.69 Å². The van der Waals surface area contributed by atoms with E-state index in [2.05, 4.69) is 10.6 Å². The lowest BCUT2D eigenvalue weighted by molar-refractivity contribution is -0.384. The van der Waals surface area contributed by atoms with Crippen molar-refractivity contribution in [3.63, 3.8) is 0 Å². The molecule has 0 bridgehead atoms. The van der Waals surface area contributed by atoms with Gasteiger partial charge in [-0.05, 0) is 37.2 Å². The van der Waals surface area contributed by atoms with Gasteiger partial charge in [-0.2, -0.15) is 0 Å². The SMILES string of the molecule is CCCNC(=S)Nc1ccc([N+](=O)[O-])cc1C. The zero-order valence-corrected chi connectivity index (χ0v) is 10.6. The summed E-state index contributed by atoms with van der Waals surface area (Å²) in [5.74, 6) is 0. The normalized spacial score (nSPS) is 9.76. The second-order valence-corrected chi connectivity index (χ2v) is 4.05. The van der Waals surface area contributed by atoms with Gasteiger partial charge >= 0.3 is 0 Å². The standard InChI is InChI=1S/C11H15N3O2S/c1-3-6-12-11(17)13-10-5-4-9(14(15)16)7-8(10)2/h4-5,7H,3,6H2,1-2H3,(H2,12,13,17). The van der Waals surface area contributed by atoms with Gasteiger partial charge in [0, 0.05) is 24.4 Å². The molecule has 0 saturated heterocycles. The van der Waals surface area contributed by atoms with E-state index < -0.39 is 4.92 Å². The number of nitrogens with zero attached hydrogens (tertiary/aromatic N) is 1. The first-order valence-corrected chi connectivity index (χ1v) is 5.75. The van der Waals surface area contributed by atoms with Crippen LogP contribution in [-0.2, 0) is 0 Å². The zero-order chi connectivity index (χ0) is 12.8. The summed E-state index contributed by atoms with van der Waals surface area (Å²) >= 11 is 5.09. The van der Waals surface area contributed by atoms with Crippen LogP contribution in [0.3, 0.4) is 0 Å². The van der Waals surface area contributed by atoms with Crippen molar-refractivity contribution in [3.05, 3.63) is 33.9 Å². The fraction of sp³-hybridized carbons (Fsp3) is 0.364. The predicted octanol–water partition coefficient (Wildman–Crippen LogP) is 2.60. The largest absolute Gasteiger partial charge is 0.362 e. The quantitative estimate of drug-likeness (QED) is 0.490. The fourth-order valence-corrected chi connectivity index (χ4v) is 1.52. The first-order valence-electron chi connectivity index (χ1n) is 5.34. The highest BCUT2D eigenvalue weighted by Gasteiger charge is 2.08. The molecule has 1 aromatic rings. The highest BCUT2D eigenvalue weighted by atomic mass is 32.1. The van der Waals surface area contributed by atoms with Crippen molar-refractivity contribution in [2.75, 3.05) is 11.9 Å². The second kappa shape index (κ2) is 6.15. The van der Waals surface area contributed by atoms with Crippen molar-refractivity contribution in [2.45, 2.75) is 20.3 Å². The molecule has 0 atom stereocenters. The summed E-state index contributed by atoms with van der Waals surface area (Å²) in [7, 11) is 0. The number of thiocarbonyl (C=S) groups is 1. The molecular formula is C11H15N3O2S. The van der Waals surface area contributed by atoms with Gasteiger partial charge in [0.1, 0.15) is 0 Å². The Morgan fingerprint density at radius 3 is 2.76 bits per heavy atom. The third-order valence-electron chi connectivity index (χ3n) is 2.20.